The van der Waals surface area contributed by atoms with Gasteiger partial charge in [-0.15, -0.1) is 21.5 Å². The van der Waals surface area contributed by atoms with Gasteiger partial charge in [0.1, 0.15) is 0 Å². The summed E-state index contributed by atoms with van der Waals surface area (Å²) >= 11 is 1.54. The van der Waals surface area contributed by atoms with Crippen LogP contribution in [0.3, 0.4) is 0 Å². The largest absolute Gasteiger partial charge is 0.294 e. The molecule has 8 heteroatoms. The molecule has 0 atom stereocenters. The number of hydrogen-bond acceptors (Lipinski definition) is 5. The van der Waals surface area contributed by atoms with Crippen LogP contribution in [0.25, 0.3) is 10.7 Å². The van der Waals surface area contributed by atoms with Gasteiger partial charge < -0.3 is 0 Å². The lowest BCUT2D eigenvalue weighted by Crippen LogP contribution is -2.19. The first-order chi connectivity index (χ1) is 8.30. The molecule has 6 nitrogen and oxygen atoms in total. The predicted molar refractivity (Wildman–Crippen MR) is 69.8 cm³/mol. The van der Waals surface area contributed by atoms with E-state index in [1.165, 1.54) is 11.3 Å². The zero-order valence-electron chi connectivity index (χ0n) is 10.3. The van der Waals surface area contributed by atoms with Crippen molar-refractivity contribution >= 4 is 21.4 Å². The number of hydrogen-bond donors (Lipinski definition) is 1. The van der Waals surface area contributed by atoms with Gasteiger partial charge in [-0.1, -0.05) is 0 Å². The van der Waals surface area contributed by atoms with Crippen LogP contribution in [0.4, 0.5) is 0 Å². The van der Waals surface area contributed by atoms with E-state index in [2.05, 4.69) is 10.2 Å². The van der Waals surface area contributed by atoms with Gasteiger partial charge in [0.2, 0.25) is 0 Å². The highest BCUT2D eigenvalue weighted by atomic mass is 32.2. The second-order valence-corrected chi connectivity index (χ2v) is 6.97. The van der Waals surface area contributed by atoms with Gasteiger partial charge in [0.25, 0.3) is 15.2 Å². The SMILES string of the molecule is Cc1ccc(-c2nnc(S(N)(=O)=O)n2C(C)C)s1. The predicted octanol–water partition coefficient (Wildman–Crippen LogP) is 1.54. The Morgan fingerprint density at radius 1 is 1.33 bits per heavy atom. The smallest absolute Gasteiger partial charge is 0.273 e. The van der Waals surface area contributed by atoms with Crippen molar-refractivity contribution in [3.8, 4) is 10.7 Å². The maximum Gasteiger partial charge on any atom is 0.273 e. The van der Waals surface area contributed by atoms with Crippen LogP contribution in [-0.4, -0.2) is 23.2 Å². The molecular weight excluding hydrogens is 272 g/mol. The molecule has 0 spiro atoms. The third-order valence-electron chi connectivity index (χ3n) is 2.40. The van der Waals surface area contributed by atoms with Crippen molar-refractivity contribution < 1.29 is 8.42 Å². The molecular formula is C10H14N4O2S2. The zero-order chi connectivity index (χ0) is 13.5. The number of nitrogens with zero attached hydrogens (tertiary/aromatic N) is 3. The second kappa shape index (κ2) is 4.45. The molecule has 2 N–H and O–H groups in total. The third-order valence-corrected chi connectivity index (χ3v) is 4.18. The Balaban J connectivity index is 2.67. The summed E-state index contributed by atoms with van der Waals surface area (Å²) in [5.41, 5.74) is 0. The molecule has 18 heavy (non-hydrogen) atoms. The number of aryl methyl sites for hydroxylation is 1. The molecule has 0 fully saturated rings. The Morgan fingerprint density at radius 3 is 2.44 bits per heavy atom. The number of nitrogens with two attached hydrogens (primary N) is 1. The first-order valence-corrected chi connectivity index (χ1v) is 7.71. The number of thiophene rings is 1. The number of sulfonamides is 1. The van der Waals surface area contributed by atoms with Crippen LogP contribution in [0.15, 0.2) is 17.3 Å². The Labute approximate surface area is 110 Å². The fraction of sp³-hybridized carbons (Fsp3) is 0.400. The van der Waals surface area contributed by atoms with Crippen molar-refractivity contribution in [2.75, 3.05) is 0 Å². The molecule has 0 aliphatic rings. The van der Waals surface area contributed by atoms with Gasteiger partial charge in [0.15, 0.2) is 5.82 Å². The molecule has 0 radical (unpaired) electrons. The summed E-state index contributed by atoms with van der Waals surface area (Å²) in [4.78, 5) is 2.00. The average Bonchev–Trinajstić information content (AvgIpc) is 2.80. The van der Waals surface area contributed by atoms with Crippen LogP contribution in [0.1, 0.15) is 24.8 Å². The highest BCUT2D eigenvalue weighted by molar-refractivity contribution is 7.89. The third kappa shape index (κ3) is 2.31. The van der Waals surface area contributed by atoms with Gasteiger partial charge in [-0.2, -0.15) is 0 Å². The van der Waals surface area contributed by atoms with E-state index in [1.54, 1.807) is 4.57 Å². The van der Waals surface area contributed by atoms with E-state index in [0.717, 1.165) is 9.75 Å². The normalized spacial score (nSPS) is 12.3. The first kappa shape index (κ1) is 13.2. The van der Waals surface area contributed by atoms with Crippen LogP contribution in [0.5, 0.6) is 0 Å². The summed E-state index contributed by atoms with van der Waals surface area (Å²) in [6, 6.07) is 3.76. The van der Waals surface area contributed by atoms with Gasteiger partial charge in [0, 0.05) is 10.9 Å². The molecule has 0 bridgehead atoms. The highest BCUT2D eigenvalue weighted by Gasteiger charge is 2.24. The van der Waals surface area contributed by atoms with Crippen molar-refractivity contribution in [1.82, 2.24) is 14.8 Å². The Morgan fingerprint density at radius 2 is 2.00 bits per heavy atom. The molecule has 0 aliphatic carbocycles. The maximum atomic E-state index is 11.5. The lowest BCUT2D eigenvalue weighted by atomic mass is 10.3. The monoisotopic (exact) mass is 286 g/mol. The molecule has 0 saturated heterocycles. The molecule has 0 unspecified atom stereocenters. The lowest BCUT2D eigenvalue weighted by Gasteiger charge is -2.11. The van der Waals surface area contributed by atoms with Crippen molar-refractivity contribution in [3.63, 3.8) is 0 Å². The average molecular weight is 286 g/mol. The lowest BCUT2D eigenvalue weighted by molar-refractivity contribution is 0.525. The Kier molecular flexibility index (Phi) is 3.26. The fourth-order valence-corrected chi connectivity index (χ4v) is 3.23. The van der Waals surface area contributed by atoms with Crippen molar-refractivity contribution in [2.45, 2.75) is 32.0 Å². The van der Waals surface area contributed by atoms with Crippen molar-refractivity contribution in [3.05, 3.63) is 17.0 Å². The van der Waals surface area contributed by atoms with E-state index < -0.39 is 10.0 Å². The van der Waals surface area contributed by atoms with E-state index in [0.29, 0.717) is 5.82 Å². The molecule has 0 saturated carbocycles. The highest BCUT2D eigenvalue weighted by Crippen LogP contribution is 2.29. The van der Waals surface area contributed by atoms with E-state index in [4.69, 9.17) is 5.14 Å². The fourth-order valence-electron chi connectivity index (χ4n) is 1.66. The van der Waals surface area contributed by atoms with Gasteiger partial charge >= 0.3 is 0 Å². The summed E-state index contributed by atoms with van der Waals surface area (Å²) in [5, 5.41) is 12.6. The van der Waals surface area contributed by atoms with Crippen LogP contribution < -0.4 is 5.14 Å². The molecule has 0 amide bonds. The van der Waals surface area contributed by atoms with Crippen LogP contribution in [-0.2, 0) is 10.0 Å². The summed E-state index contributed by atoms with van der Waals surface area (Å²) < 4.78 is 24.5. The standard InChI is InChI=1S/C10H14N4O2S2/c1-6(2)14-9(8-5-4-7(3)17-8)12-13-10(14)18(11,15)16/h4-6H,1-3H3,(H2,11,15,16). The van der Waals surface area contributed by atoms with Crippen LogP contribution >= 0.6 is 11.3 Å². The molecule has 0 aliphatic heterocycles. The van der Waals surface area contributed by atoms with E-state index in [9.17, 15) is 8.42 Å². The number of primary sulfonamides is 1. The molecule has 0 aromatic carbocycles. The van der Waals surface area contributed by atoms with Crippen molar-refractivity contribution in [2.24, 2.45) is 5.14 Å². The van der Waals surface area contributed by atoms with E-state index in [-0.39, 0.29) is 11.2 Å². The first-order valence-electron chi connectivity index (χ1n) is 5.35. The minimum absolute atomic E-state index is 0.0919. The van der Waals surface area contributed by atoms with Crippen LogP contribution in [0.2, 0.25) is 0 Å². The van der Waals surface area contributed by atoms with E-state index >= 15 is 0 Å². The van der Waals surface area contributed by atoms with Crippen LogP contribution in [0, 0.1) is 6.92 Å². The summed E-state index contributed by atoms with van der Waals surface area (Å²) in [7, 11) is -3.86. The minimum Gasteiger partial charge on any atom is -0.294 e. The Hall–Kier alpha value is -1.25. The molecule has 98 valence electrons. The Bertz CT molecular complexity index is 670. The zero-order valence-corrected chi connectivity index (χ0v) is 11.9. The summed E-state index contributed by atoms with van der Waals surface area (Å²) in [5.74, 6) is 0.534. The topological polar surface area (TPSA) is 90.9 Å². The minimum atomic E-state index is -3.86. The van der Waals surface area contributed by atoms with Gasteiger partial charge in [-0.25, -0.2) is 13.6 Å². The molecule has 2 aromatic heterocycles. The van der Waals surface area contributed by atoms with Crippen molar-refractivity contribution in [1.29, 1.82) is 0 Å². The number of aromatic nitrogens is 3. The van der Waals surface area contributed by atoms with E-state index in [1.807, 2.05) is 32.9 Å². The van der Waals surface area contributed by atoms with Gasteiger partial charge in [0.05, 0.1) is 4.88 Å². The van der Waals surface area contributed by atoms with Gasteiger partial charge in [-0.05, 0) is 32.9 Å². The number of rotatable bonds is 3. The summed E-state index contributed by atoms with van der Waals surface area (Å²) in [6.45, 7) is 5.70. The molecule has 2 heterocycles. The molecule has 2 aromatic rings. The summed E-state index contributed by atoms with van der Waals surface area (Å²) in [6.07, 6.45) is 0. The van der Waals surface area contributed by atoms with Gasteiger partial charge in [-0.3, -0.25) is 4.57 Å². The molecule has 2 rings (SSSR count). The second-order valence-electron chi connectivity index (χ2n) is 4.23. The maximum absolute atomic E-state index is 11.5. The quantitative estimate of drug-likeness (QED) is 0.926.